The Balaban J connectivity index is 1.51. The van der Waals surface area contributed by atoms with E-state index < -0.39 is 0 Å². The normalized spacial score (nSPS) is 21.0. The molecule has 2 fully saturated rings. The smallest absolute Gasteiger partial charge is 0.255 e. The molecule has 2 aliphatic rings. The molecule has 2 amide bonds. The number of methoxy groups -OCH3 is 1. The van der Waals surface area contributed by atoms with Crippen LogP contribution in [0.4, 0.5) is 0 Å². The summed E-state index contributed by atoms with van der Waals surface area (Å²) in [7, 11) is 1.71. The number of fused-ring (bicyclic) bond motifs is 1. The van der Waals surface area contributed by atoms with Crippen molar-refractivity contribution in [2.75, 3.05) is 26.8 Å². The van der Waals surface area contributed by atoms with Gasteiger partial charge in [0.2, 0.25) is 5.91 Å². The number of carbonyl (C=O) groups is 2. The Kier molecular flexibility index (Phi) is 6.99. The monoisotopic (exact) mass is 437 g/mol. The van der Waals surface area contributed by atoms with Crippen molar-refractivity contribution < 1.29 is 14.3 Å². The van der Waals surface area contributed by atoms with Crippen LogP contribution in [0.15, 0.2) is 36.4 Å². The van der Waals surface area contributed by atoms with Crippen LogP contribution in [-0.2, 0) is 22.6 Å². The lowest BCUT2D eigenvalue weighted by Crippen LogP contribution is -2.43. The number of carbonyl (C=O) groups excluding carboxylic acids is 2. The molecule has 4 rings (SSSR count). The van der Waals surface area contributed by atoms with Crippen LogP contribution in [0.25, 0.3) is 0 Å². The Morgan fingerprint density at radius 3 is 2.69 bits per heavy atom. The summed E-state index contributed by atoms with van der Waals surface area (Å²) in [6.07, 6.45) is 3.43. The molecule has 0 radical (unpaired) electrons. The lowest BCUT2D eigenvalue weighted by atomic mass is 9.98. The van der Waals surface area contributed by atoms with Gasteiger partial charge in [0.25, 0.3) is 5.91 Å². The fraction of sp³-hybridized carbons (Fsp3) is 0.538. The molecule has 32 heavy (non-hydrogen) atoms. The van der Waals surface area contributed by atoms with Crippen molar-refractivity contribution in [3.05, 3.63) is 58.9 Å². The molecule has 0 saturated carbocycles. The molecule has 3 heterocycles. The van der Waals surface area contributed by atoms with Gasteiger partial charge in [0.1, 0.15) is 0 Å². The molecule has 0 aliphatic carbocycles. The van der Waals surface area contributed by atoms with Crippen molar-refractivity contribution in [3.8, 4) is 0 Å². The number of hydrogen-bond acceptors (Lipinski definition) is 3. The number of ether oxygens (including phenoxy) is 1. The van der Waals surface area contributed by atoms with Crippen molar-refractivity contribution in [3.63, 3.8) is 0 Å². The zero-order chi connectivity index (χ0) is 22.7. The minimum Gasteiger partial charge on any atom is -0.385 e. The molecule has 2 aliphatic heterocycles. The molecule has 1 aromatic heterocycles. The largest absolute Gasteiger partial charge is 0.385 e. The standard InChI is InChI=1S/C26H35N3O3/c1-19-15-23(20(2)28(19)13-8-14-32-3)26(31)27-17-22-11-7-12-25(30)29(24(22)18-27)16-21-9-5-4-6-10-21/h4-6,9-10,15,22,24H,7-8,11-14,16-18H2,1-3H3/t22-,24+/m1/s1. The molecule has 1 aromatic carbocycles. The highest BCUT2D eigenvalue weighted by atomic mass is 16.5. The van der Waals surface area contributed by atoms with E-state index in [2.05, 4.69) is 23.6 Å². The van der Waals surface area contributed by atoms with Crippen LogP contribution in [-0.4, -0.2) is 59.0 Å². The third-order valence-electron chi connectivity index (χ3n) is 7.11. The van der Waals surface area contributed by atoms with Gasteiger partial charge in [0.15, 0.2) is 0 Å². The van der Waals surface area contributed by atoms with E-state index in [0.29, 0.717) is 32.0 Å². The molecule has 0 N–H and O–H groups in total. The molecule has 6 heteroatoms. The van der Waals surface area contributed by atoms with Gasteiger partial charge in [-0.1, -0.05) is 30.3 Å². The van der Waals surface area contributed by atoms with E-state index in [9.17, 15) is 9.59 Å². The van der Waals surface area contributed by atoms with Gasteiger partial charge in [-0.3, -0.25) is 9.59 Å². The molecular formula is C26H35N3O3. The second kappa shape index (κ2) is 9.90. The number of nitrogens with zero attached hydrogens (tertiary/aromatic N) is 3. The number of aromatic nitrogens is 1. The predicted molar refractivity (Wildman–Crippen MR) is 124 cm³/mol. The van der Waals surface area contributed by atoms with Crippen LogP contribution < -0.4 is 0 Å². The third-order valence-corrected chi connectivity index (χ3v) is 7.11. The molecule has 2 aromatic rings. The maximum atomic E-state index is 13.5. The van der Waals surface area contributed by atoms with Crippen molar-refractivity contribution >= 4 is 11.8 Å². The van der Waals surface area contributed by atoms with Crippen molar-refractivity contribution in [2.45, 2.75) is 58.7 Å². The Hall–Kier alpha value is -2.60. The van der Waals surface area contributed by atoms with Crippen molar-refractivity contribution in [1.29, 1.82) is 0 Å². The van der Waals surface area contributed by atoms with E-state index in [1.807, 2.05) is 41.0 Å². The van der Waals surface area contributed by atoms with Crippen molar-refractivity contribution in [2.24, 2.45) is 5.92 Å². The summed E-state index contributed by atoms with van der Waals surface area (Å²) in [4.78, 5) is 30.5. The Bertz CT molecular complexity index is 953. The van der Waals surface area contributed by atoms with Gasteiger partial charge in [-0.25, -0.2) is 0 Å². The summed E-state index contributed by atoms with van der Waals surface area (Å²) in [5.41, 5.74) is 4.06. The number of aryl methyl sites for hydroxylation is 1. The first-order valence-electron chi connectivity index (χ1n) is 11.8. The first kappa shape index (κ1) is 22.6. The highest BCUT2D eigenvalue weighted by Crippen LogP contribution is 2.33. The number of hydrogen-bond donors (Lipinski definition) is 0. The third kappa shape index (κ3) is 4.60. The lowest BCUT2D eigenvalue weighted by Gasteiger charge is -2.30. The first-order valence-corrected chi connectivity index (χ1v) is 11.8. The fourth-order valence-electron chi connectivity index (χ4n) is 5.39. The number of rotatable bonds is 7. The van der Waals surface area contributed by atoms with Gasteiger partial charge in [-0.05, 0) is 50.7 Å². The zero-order valence-corrected chi connectivity index (χ0v) is 19.5. The quantitative estimate of drug-likeness (QED) is 0.619. The SMILES string of the molecule is COCCCn1c(C)cc(C(=O)N2C[C@H]3CCCC(=O)N(Cc4ccccc4)[C@H]3C2)c1C. The van der Waals surface area contributed by atoms with Gasteiger partial charge < -0.3 is 19.1 Å². The first-order chi connectivity index (χ1) is 15.5. The average Bonchev–Trinajstić information content (AvgIpc) is 3.29. The van der Waals surface area contributed by atoms with Crippen LogP contribution >= 0.6 is 0 Å². The van der Waals surface area contributed by atoms with E-state index in [0.717, 1.165) is 54.9 Å². The summed E-state index contributed by atoms with van der Waals surface area (Å²) in [6, 6.07) is 12.3. The number of amides is 2. The highest BCUT2D eigenvalue weighted by molar-refractivity contribution is 5.96. The summed E-state index contributed by atoms with van der Waals surface area (Å²) in [5, 5.41) is 0. The van der Waals surface area contributed by atoms with Gasteiger partial charge in [-0.2, -0.15) is 0 Å². The van der Waals surface area contributed by atoms with Crippen LogP contribution in [0.1, 0.15) is 53.0 Å². The van der Waals surface area contributed by atoms with Crippen LogP contribution in [0.2, 0.25) is 0 Å². The number of benzene rings is 1. The molecular weight excluding hydrogens is 402 g/mol. The van der Waals surface area contributed by atoms with E-state index in [1.54, 1.807) is 7.11 Å². The molecule has 6 nitrogen and oxygen atoms in total. The summed E-state index contributed by atoms with van der Waals surface area (Å²) in [5.74, 6) is 0.655. The minimum atomic E-state index is 0.0938. The van der Waals surface area contributed by atoms with Gasteiger partial charge in [-0.15, -0.1) is 0 Å². The lowest BCUT2D eigenvalue weighted by molar-refractivity contribution is -0.133. The van der Waals surface area contributed by atoms with E-state index in [-0.39, 0.29) is 17.9 Å². The Morgan fingerprint density at radius 1 is 1.16 bits per heavy atom. The predicted octanol–water partition coefficient (Wildman–Crippen LogP) is 3.79. The van der Waals surface area contributed by atoms with Crippen LogP contribution in [0.3, 0.4) is 0 Å². The van der Waals surface area contributed by atoms with Gasteiger partial charge in [0, 0.05) is 57.7 Å². The van der Waals surface area contributed by atoms with E-state index in [1.165, 1.54) is 0 Å². The van der Waals surface area contributed by atoms with Gasteiger partial charge in [0.05, 0.1) is 11.6 Å². The van der Waals surface area contributed by atoms with Gasteiger partial charge >= 0.3 is 0 Å². The maximum Gasteiger partial charge on any atom is 0.255 e. The Labute approximate surface area is 191 Å². The van der Waals surface area contributed by atoms with Crippen LogP contribution in [0, 0.1) is 19.8 Å². The molecule has 2 atom stereocenters. The molecule has 0 spiro atoms. The molecule has 0 bridgehead atoms. The Morgan fingerprint density at radius 2 is 1.94 bits per heavy atom. The molecule has 2 saturated heterocycles. The second-order valence-corrected chi connectivity index (χ2v) is 9.22. The fourth-order valence-corrected chi connectivity index (χ4v) is 5.39. The number of likely N-dealkylation sites (tertiary alicyclic amines) is 2. The van der Waals surface area contributed by atoms with Crippen LogP contribution in [0.5, 0.6) is 0 Å². The molecule has 172 valence electrons. The van der Waals surface area contributed by atoms with E-state index in [4.69, 9.17) is 4.74 Å². The average molecular weight is 438 g/mol. The molecule has 0 unspecified atom stereocenters. The van der Waals surface area contributed by atoms with Crippen molar-refractivity contribution in [1.82, 2.24) is 14.4 Å². The zero-order valence-electron chi connectivity index (χ0n) is 19.5. The topological polar surface area (TPSA) is 54.8 Å². The minimum absolute atomic E-state index is 0.0938. The highest BCUT2D eigenvalue weighted by Gasteiger charge is 2.42. The second-order valence-electron chi connectivity index (χ2n) is 9.22. The maximum absolute atomic E-state index is 13.5. The summed E-state index contributed by atoms with van der Waals surface area (Å²) >= 11 is 0. The van der Waals surface area contributed by atoms with E-state index >= 15 is 0 Å². The summed E-state index contributed by atoms with van der Waals surface area (Å²) < 4.78 is 7.40. The summed E-state index contributed by atoms with van der Waals surface area (Å²) in [6.45, 7) is 7.63.